The Morgan fingerprint density at radius 1 is 1.03 bits per heavy atom. The lowest BCUT2D eigenvalue weighted by molar-refractivity contribution is -0.122. The molecule has 1 aliphatic heterocycles. The molecule has 0 unspecified atom stereocenters. The Hall–Kier alpha value is -4.14. The van der Waals surface area contributed by atoms with Gasteiger partial charge in [0.1, 0.15) is 0 Å². The maximum atomic E-state index is 13.8. The fourth-order valence-corrected chi connectivity index (χ4v) is 4.96. The molecular formula is C29H23Cl2N5O3. The number of halogens is 2. The molecule has 10 heteroatoms. The van der Waals surface area contributed by atoms with E-state index < -0.39 is 11.9 Å². The minimum absolute atomic E-state index is 0.0799. The second kappa shape index (κ2) is 11.3. The molecule has 0 saturated heterocycles. The van der Waals surface area contributed by atoms with Crippen LogP contribution in [-0.2, 0) is 24.2 Å². The number of rotatable bonds is 6. The highest BCUT2D eigenvalue weighted by Gasteiger charge is 2.36. The smallest absolute Gasteiger partial charge is 0.259 e. The van der Waals surface area contributed by atoms with Crippen LogP contribution in [0.1, 0.15) is 43.1 Å². The number of hydrogen-bond acceptors (Lipinski definition) is 6. The van der Waals surface area contributed by atoms with Crippen molar-refractivity contribution in [3.05, 3.63) is 117 Å². The summed E-state index contributed by atoms with van der Waals surface area (Å²) in [6.07, 6.45) is 5.19. The van der Waals surface area contributed by atoms with Gasteiger partial charge in [-0.3, -0.25) is 24.7 Å². The summed E-state index contributed by atoms with van der Waals surface area (Å²) in [6.45, 7) is 1.95. The monoisotopic (exact) mass is 559 g/mol. The number of carbonyl (C=O) groups excluding carboxylic acids is 3. The molecule has 1 atom stereocenters. The first kappa shape index (κ1) is 26.5. The highest BCUT2D eigenvalue weighted by Crippen LogP contribution is 2.28. The van der Waals surface area contributed by atoms with Gasteiger partial charge in [0.25, 0.3) is 11.8 Å². The normalized spacial score (nSPS) is 15.1. The van der Waals surface area contributed by atoms with Crippen molar-refractivity contribution in [1.29, 1.82) is 0 Å². The standard InChI is InChI=1S/C29H23Cl2N5O3/c1-17-14-33-29(34-15-17)35-27(38)23-7-5-18(10-24(23)31)16-36-25(13-21-4-2-3-9-32-21)26(37)12-19-11-20(30)6-8-22(19)28(36)39/h2-11,14-15,25H,12-13,16H2,1H3,(H,33,34,35,38)/t25-/m1/s1. The molecule has 39 heavy (non-hydrogen) atoms. The lowest BCUT2D eigenvalue weighted by Gasteiger charge is -2.29. The van der Waals surface area contributed by atoms with Crippen molar-refractivity contribution in [3.63, 3.8) is 0 Å². The zero-order chi connectivity index (χ0) is 27.5. The van der Waals surface area contributed by atoms with Crippen molar-refractivity contribution in [2.24, 2.45) is 0 Å². The van der Waals surface area contributed by atoms with Crippen molar-refractivity contribution in [1.82, 2.24) is 19.9 Å². The number of anilines is 1. The Morgan fingerprint density at radius 3 is 2.54 bits per heavy atom. The van der Waals surface area contributed by atoms with Gasteiger partial charge in [0.05, 0.1) is 16.6 Å². The number of pyridine rings is 1. The fraction of sp³-hybridized carbons (Fsp3) is 0.172. The van der Waals surface area contributed by atoms with E-state index in [-0.39, 0.29) is 47.6 Å². The number of Topliss-reactive ketones (excluding diaryl/α,β-unsaturated/α-hetero) is 1. The molecule has 0 saturated carbocycles. The Morgan fingerprint density at radius 2 is 1.82 bits per heavy atom. The van der Waals surface area contributed by atoms with E-state index in [4.69, 9.17) is 23.2 Å². The first-order chi connectivity index (χ1) is 18.8. The highest BCUT2D eigenvalue weighted by atomic mass is 35.5. The second-order valence-electron chi connectivity index (χ2n) is 9.27. The summed E-state index contributed by atoms with van der Waals surface area (Å²) in [6, 6.07) is 14.6. The average Bonchev–Trinajstić information content (AvgIpc) is 3.00. The summed E-state index contributed by atoms with van der Waals surface area (Å²) >= 11 is 12.7. The number of nitrogens with one attached hydrogen (secondary N) is 1. The van der Waals surface area contributed by atoms with E-state index in [1.54, 1.807) is 66.0 Å². The van der Waals surface area contributed by atoms with Gasteiger partial charge in [-0.15, -0.1) is 0 Å². The molecule has 2 aromatic heterocycles. The minimum atomic E-state index is -0.751. The molecule has 3 heterocycles. The summed E-state index contributed by atoms with van der Waals surface area (Å²) in [5, 5.41) is 3.28. The topological polar surface area (TPSA) is 105 Å². The van der Waals surface area contributed by atoms with Crippen LogP contribution in [0.2, 0.25) is 10.0 Å². The van der Waals surface area contributed by atoms with Gasteiger partial charge in [0, 0.05) is 54.3 Å². The highest BCUT2D eigenvalue weighted by molar-refractivity contribution is 6.34. The number of aromatic nitrogens is 3. The van der Waals surface area contributed by atoms with Crippen molar-refractivity contribution in [2.45, 2.75) is 32.4 Å². The first-order valence-electron chi connectivity index (χ1n) is 12.2. The lowest BCUT2D eigenvalue weighted by Crippen LogP contribution is -2.45. The Bertz CT molecular complexity index is 1560. The molecule has 1 aliphatic rings. The molecular weight excluding hydrogens is 537 g/mol. The second-order valence-corrected chi connectivity index (χ2v) is 10.1. The summed E-state index contributed by atoms with van der Waals surface area (Å²) in [5.41, 5.74) is 3.47. The average molecular weight is 560 g/mol. The molecule has 0 radical (unpaired) electrons. The summed E-state index contributed by atoms with van der Waals surface area (Å²) < 4.78 is 0. The molecule has 2 amide bonds. The van der Waals surface area contributed by atoms with Gasteiger partial charge in [-0.2, -0.15) is 0 Å². The van der Waals surface area contributed by atoms with E-state index in [1.165, 1.54) is 0 Å². The van der Waals surface area contributed by atoms with Crippen LogP contribution in [0.25, 0.3) is 0 Å². The zero-order valence-electron chi connectivity index (χ0n) is 20.9. The van der Waals surface area contributed by atoms with E-state index >= 15 is 0 Å². The van der Waals surface area contributed by atoms with Gasteiger partial charge in [-0.05, 0) is 66.1 Å². The van der Waals surface area contributed by atoms with Crippen LogP contribution < -0.4 is 5.32 Å². The maximum Gasteiger partial charge on any atom is 0.259 e. The van der Waals surface area contributed by atoms with Crippen molar-refractivity contribution >= 4 is 46.7 Å². The molecule has 0 spiro atoms. The van der Waals surface area contributed by atoms with Crippen molar-refractivity contribution < 1.29 is 14.4 Å². The first-order valence-corrected chi connectivity index (χ1v) is 12.9. The number of fused-ring (bicyclic) bond motifs is 1. The third-order valence-electron chi connectivity index (χ3n) is 6.44. The van der Waals surface area contributed by atoms with Gasteiger partial charge in [-0.1, -0.05) is 35.3 Å². The molecule has 5 rings (SSSR count). The molecule has 196 valence electrons. The number of benzene rings is 2. The molecule has 8 nitrogen and oxygen atoms in total. The number of amides is 2. The van der Waals surface area contributed by atoms with Crippen molar-refractivity contribution in [2.75, 3.05) is 5.32 Å². The Balaban J connectivity index is 1.44. The quantitative estimate of drug-likeness (QED) is 0.351. The SMILES string of the molecule is Cc1cnc(NC(=O)c2ccc(CN3C(=O)c4ccc(Cl)cc4CC(=O)[C@H]3Cc3ccccn3)cc2Cl)nc1. The van der Waals surface area contributed by atoms with Gasteiger partial charge in [0.15, 0.2) is 5.78 Å². The van der Waals surface area contributed by atoms with Crippen LogP contribution in [-0.4, -0.2) is 43.5 Å². The van der Waals surface area contributed by atoms with Gasteiger partial charge < -0.3 is 4.90 Å². The van der Waals surface area contributed by atoms with Gasteiger partial charge in [-0.25, -0.2) is 9.97 Å². The van der Waals surface area contributed by atoms with E-state index in [2.05, 4.69) is 20.3 Å². The van der Waals surface area contributed by atoms with Crippen LogP contribution in [0.15, 0.2) is 73.2 Å². The number of carbonyl (C=O) groups is 3. The predicted molar refractivity (Wildman–Crippen MR) is 148 cm³/mol. The number of ketones is 1. The molecule has 0 fully saturated rings. The van der Waals surface area contributed by atoms with Crippen LogP contribution in [0.3, 0.4) is 0 Å². The van der Waals surface area contributed by atoms with E-state index in [9.17, 15) is 14.4 Å². The number of hydrogen-bond donors (Lipinski definition) is 1. The largest absolute Gasteiger partial charge is 0.324 e. The maximum absolute atomic E-state index is 13.8. The molecule has 0 aliphatic carbocycles. The van der Waals surface area contributed by atoms with Gasteiger partial charge in [0.2, 0.25) is 5.95 Å². The Kier molecular flexibility index (Phi) is 7.67. The van der Waals surface area contributed by atoms with Crippen LogP contribution in [0.4, 0.5) is 5.95 Å². The Labute approximate surface area is 235 Å². The summed E-state index contributed by atoms with van der Waals surface area (Å²) in [7, 11) is 0. The number of nitrogens with zero attached hydrogens (tertiary/aromatic N) is 4. The summed E-state index contributed by atoms with van der Waals surface area (Å²) in [4.78, 5) is 54.1. The molecule has 4 aromatic rings. The van der Waals surface area contributed by atoms with E-state index in [0.717, 1.165) is 5.56 Å². The van der Waals surface area contributed by atoms with Crippen LogP contribution >= 0.6 is 23.2 Å². The van der Waals surface area contributed by atoms with Crippen LogP contribution in [0.5, 0.6) is 0 Å². The zero-order valence-corrected chi connectivity index (χ0v) is 22.4. The van der Waals surface area contributed by atoms with Crippen LogP contribution in [0, 0.1) is 6.92 Å². The third-order valence-corrected chi connectivity index (χ3v) is 6.98. The van der Waals surface area contributed by atoms with E-state index in [1.807, 2.05) is 19.1 Å². The lowest BCUT2D eigenvalue weighted by atomic mass is 9.99. The van der Waals surface area contributed by atoms with Gasteiger partial charge >= 0.3 is 0 Å². The number of aryl methyl sites for hydroxylation is 1. The molecule has 0 bridgehead atoms. The van der Waals surface area contributed by atoms with E-state index in [0.29, 0.717) is 27.4 Å². The third kappa shape index (κ3) is 5.97. The fourth-order valence-electron chi connectivity index (χ4n) is 4.48. The minimum Gasteiger partial charge on any atom is -0.324 e. The van der Waals surface area contributed by atoms with Crippen molar-refractivity contribution in [3.8, 4) is 0 Å². The molecule has 2 aromatic carbocycles. The predicted octanol–water partition coefficient (Wildman–Crippen LogP) is 5.12. The molecule has 1 N–H and O–H groups in total. The summed E-state index contributed by atoms with van der Waals surface area (Å²) in [5.74, 6) is -0.705.